The van der Waals surface area contributed by atoms with Crippen LogP contribution in [0.25, 0.3) is 0 Å². The molecule has 1 saturated heterocycles. The van der Waals surface area contributed by atoms with Crippen LogP contribution in [0.3, 0.4) is 0 Å². The molecule has 0 saturated carbocycles. The molecule has 20 heavy (non-hydrogen) atoms. The second-order valence-corrected chi connectivity index (χ2v) is 5.03. The summed E-state index contributed by atoms with van der Waals surface area (Å²) in [6.07, 6.45) is 0.0506. The molecule has 1 aromatic carbocycles. The van der Waals surface area contributed by atoms with Crippen molar-refractivity contribution in [3.8, 4) is 0 Å². The van der Waals surface area contributed by atoms with E-state index >= 15 is 0 Å². The largest absolute Gasteiger partial charge is 0.480 e. The van der Waals surface area contributed by atoms with Gasteiger partial charge in [0.25, 0.3) is 0 Å². The molecule has 0 spiro atoms. The maximum Gasteiger partial charge on any atom is 0.326 e. The summed E-state index contributed by atoms with van der Waals surface area (Å²) in [4.78, 5) is 24.4. The van der Waals surface area contributed by atoms with Gasteiger partial charge in [-0.05, 0) is 24.1 Å². The van der Waals surface area contributed by atoms with Crippen LogP contribution in [0.15, 0.2) is 24.3 Å². The van der Waals surface area contributed by atoms with Crippen molar-refractivity contribution in [2.75, 3.05) is 12.3 Å². The van der Waals surface area contributed by atoms with E-state index in [1.165, 1.54) is 4.90 Å². The topological polar surface area (TPSA) is 104 Å². The Morgan fingerprint density at radius 2 is 2.15 bits per heavy atom. The third-order valence-electron chi connectivity index (χ3n) is 3.46. The number of aliphatic hydroxyl groups is 1. The van der Waals surface area contributed by atoms with E-state index < -0.39 is 18.1 Å². The van der Waals surface area contributed by atoms with Crippen LogP contribution in [-0.4, -0.2) is 45.7 Å². The number of aliphatic hydroxyl groups excluding tert-OH is 1. The summed E-state index contributed by atoms with van der Waals surface area (Å²) in [6.45, 7) is 0.0900. The molecule has 0 aliphatic carbocycles. The summed E-state index contributed by atoms with van der Waals surface area (Å²) in [5.74, 6) is -1.32. The summed E-state index contributed by atoms with van der Waals surface area (Å²) in [5, 5.41) is 18.6. The average molecular weight is 278 g/mol. The zero-order valence-electron chi connectivity index (χ0n) is 11.0. The highest BCUT2D eigenvalue weighted by molar-refractivity contribution is 5.84. The highest BCUT2D eigenvalue weighted by Gasteiger charge is 2.38. The number of β-amino-alcohol motifs (C(OH)–C–C–N with tert-alkyl or cyclic N) is 1. The van der Waals surface area contributed by atoms with Crippen LogP contribution in [0.2, 0.25) is 0 Å². The number of aryl methyl sites for hydroxylation is 1. The fraction of sp³-hybridized carbons (Fsp3) is 0.429. The van der Waals surface area contributed by atoms with Gasteiger partial charge in [-0.15, -0.1) is 0 Å². The van der Waals surface area contributed by atoms with E-state index in [-0.39, 0.29) is 25.3 Å². The van der Waals surface area contributed by atoms with Crippen molar-refractivity contribution in [3.05, 3.63) is 29.8 Å². The van der Waals surface area contributed by atoms with Gasteiger partial charge in [-0.25, -0.2) is 4.79 Å². The standard InChI is InChI=1S/C14H18N2O4/c15-10-3-1-2-9(6-10)4-5-13(18)16-8-11(17)7-12(16)14(19)20/h1-3,6,11-12,17H,4-5,7-8,15H2,(H,19,20)/t11-,12-/m0/s1. The number of anilines is 1. The van der Waals surface area contributed by atoms with E-state index in [4.69, 9.17) is 10.8 Å². The first kappa shape index (κ1) is 14.3. The molecule has 2 rings (SSSR count). The fourth-order valence-electron chi connectivity index (χ4n) is 2.47. The minimum Gasteiger partial charge on any atom is -0.480 e. The Hall–Kier alpha value is -2.08. The van der Waals surface area contributed by atoms with Crippen molar-refractivity contribution in [2.45, 2.75) is 31.4 Å². The molecule has 1 fully saturated rings. The van der Waals surface area contributed by atoms with Gasteiger partial charge < -0.3 is 20.8 Å². The minimum atomic E-state index is -1.07. The highest BCUT2D eigenvalue weighted by Crippen LogP contribution is 2.20. The van der Waals surface area contributed by atoms with Gasteiger partial charge >= 0.3 is 5.97 Å². The number of carbonyl (C=O) groups excluding carboxylic acids is 1. The normalized spacial score (nSPS) is 21.9. The zero-order chi connectivity index (χ0) is 14.7. The van der Waals surface area contributed by atoms with Crippen LogP contribution in [0, 0.1) is 0 Å². The van der Waals surface area contributed by atoms with E-state index in [0.717, 1.165) is 5.56 Å². The molecule has 4 N–H and O–H groups in total. The Morgan fingerprint density at radius 3 is 2.80 bits per heavy atom. The second kappa shape index (κ2) is 5.92. The Labute approximate surface area is 116 Å². The lowest BCUT2D eigenvalue weighted by Gasteiger charge is -2.21. The molecule has 0 radical (unpaired) electrons. The number of hydrogen-bond acceptors (Lipinski definition) is 4. The smallest absolute Gasteiger partial charge is 0.326 e. The van der Waals surface area contributed by atoms with Gasteiger partial charge in [-0.1, -0.05) is 12.1 Å². The molecule has 1 aliphatic heterocycles. The molecule has 1 heterocycles. The van der Waals surface area contributed by atoms with Gasteiger partial charge in [0.2, 0.25) is 5.91 Å². The van der Waals surface area contributed by atoms with Crippen LogP contribution < -0.4 is 5.73 Å². The number of nitrogens with two attached hydrogens (primary N) is 1. The van der Waals surface area contributed by atoms with Crippen LogP contribution in [0.4, 0.5) is 5.69 Å². The van der Waals surface area contributed by atoms with E-state index in [2.05, 4.69) is 0 Å². The van der Waals surface area contributed by atoms with Crippen molar-refractivity contribution in [2.24, 2.45) is 0 Å². The number of nitrogens with zero attached hydrogens (tertiary/aromatic N) is 1. The van der Waals surface area contributed by atoms with Gasteiger partial charge in [0.1, 0.15) is 6.04 Å². The Bertz CT molecular complexity index is 518. The minimum absolute atomic E-state index is 0.0900. The molecule has 2 atom stereocenters. The number of aliphatic carboxylic acids is 1. The maximum atomic E-state index is 12.1. The predicted molar refractivity (Wildman–Crippen MR) is 72.9 cm³/mol. The van der Waals surface area contributed by atoms with Crippen molar-refractivity contribution < 1.29 is 19.8 Å². The molecular formula is C14H18N2O4. The Balaban J connectivity index is 1.96. The number of carboxylic acids is 1. The number of nitrogen functional groups attached to an aromatic ring is 1. The lowest BCUT2D eigenvalue weighted by Crippen LogP contribution is -2.40. The quantitative estimate of drug-likeness (QED) is 0.685. The zero-order valence-corrected chi connectivity index (χ0v) is 11.0. The second-order valence-electron chi connectivity index (χ2n) is 5.03. The van der Waals surface area contributed by atoms with Gasteiger partial charge in [0.05, 0.1) is 6.10 Å². The Kier molecular flexibility index (Phi) is 4.24. The third-order valence-corrected chi connectivity index (χ3v) is 3.46. The third kappa shape index (κ3) is 3.27. The molecule has 6 heteroatoms. The monoisotopic (exact) mass is 278 g/mol. The summed E-state index contributed by atoms with van der Waals surface area (Å²) in [5.41, 5.74) is 7.23. The molecule has 0 unspecified atom stereocenters. The molecule has 0 aromatic heterocycles. The number of hydrogen-bond donors (Lipinski definition) is 3. The van der Waals surface area contributed by atoms with Crippen LogP contribution in [-0.2, 0) is 16.0 Å². The van der Waals surface area contributed by atoms with Gasteiger partial charge in [0, 0.05) is 25.1 Å². The fourth-order valence-corrected chi connectivity index (χ4v) is 2.47. The van der Waals surface area contributed by atoms with Gasteiger partial charge in [0.15, 0.2) is 0 Å². The van der Waals surface area contributed by atoms with Crippen LogP contribution in [0.1, 0.15) is 18.4 Å². The van der Waals surface area contributed by atoms with Crippen molar-refractivity contribution >= 4 is 17.6 Å². The van der Waals surface area contributed by atoms with E-state index in [1.54, 1.807) is 12.1 Å². The molecule has 0 bridgehead atoms. The molecule has 1 aliphatic rings. The first-order valence-electron chi connectivity index (χ1n) is 6.52. The number of amides is 1. The predicted octanol–water partition coefficient (Wildman–Crippen LogP) is 0.248. The summed E-state index contributed by atoms with van der Waals surface area (Å²) >= 11 is 0. The highest BCUT2D eigenvalue weighted by atomic mass is 16.4. The van der Waals surface area contributed by atoms with Crippen molar-refractivity contribution in [3.63, 3.8) is 0 Å². The summed E-state index contributed by atoms with van der Waals surface area (Å²) in [6, 6.07) is 6.33. The average Bonchev–Trinajstić information content (AvgIpc) is 2.78. The number of likely N-dealkylation sites (tertiary alicyclic amines) is 1. The lowest BCUT2D eigenvalue weighted by molar-refractivity contribution is -0.148. The molecule has 6 nitrogen and oxygen atoms in total. The first-order valence-corrected chi connectivity index (χ1v) is 6.52. The molecular weight excluding hydrogens is 260 g/mol. The van der Waals surface area contributed by atoms with E-state index in [0.29, 0.717) is 12.1 Å². The van der Waals surface area contributed by atoms with Crippen molar-refractivity contribution in [1.82, 2.24) is 4.90 Å². The first-order chi connectivity index (χ1) is 9.47. The van der Waals surface area contributed by atoms with Crippen LogP contribution >= 0.6 is 0 Å². The lowest BCUT2D eigenvalue weighted by atomic mass is 10.1. The van der Waals surface area contributed by atoms with E-state index in [1.807, 2.05) is 12.1 Å². The molecule has 1 aromatic rings. The number of benzene rings is 1. The number of rotatable bonds is 4. The van der Waals surface area contributed by atoms with Crippen molar-refractivity contribution in [1.29, 1.82) is 0 Å². The van der Waals surface area contributed by atoms with Gasteiger partial charge in [-0.2, -0.15) is 0 Å². The molecule has 1 amide bonds. The number of carbonyl (C=O) groups is 2. The van der Waals surface area contributed by atoms with E-state index in [9.17, 15) is 14.7 Å². The summed E-state index contributed by atoms with van der Waals surface area (Å²) < 4.78 is 0. The SMILES string of the molecule is Nc1cccc(CCC(=O)N2C[C@@H](O)C[C@H]2C(=O)O)c1. The number of carboxylic acid groups (broad SMARTS) is 1. The molecule has 108 valence electrons. The summed E-state index contributed by atoms with van der Waals surface area (Å²) in [7, 11) is 0. The maximum absolute atomic E-state index is 12.1. The van der Waals surface area contributed by atoms with Gasteiger partial charge in [-0.3, -0.25) is 4.79 Å². The van der Waals surface area contributed by atoms with Crippen LogP contribution in [0.5, 0.6) is 0 Å². The Morgan fingerprint density at radius 1 is 1.40 bits per heavy atom.